The highest BCUT2D eigenvalue weighted by molar-refractivity contribution is 4.50. The molecule has 3 heteroatoms. The highest BCUT2D eigenvalue weighted by atomic mass is 15.4. The Morgan fingerprint density at radius 2 is 1.00 bits per heavy atom. The van der Waals surface area contributed by atoms with E-state index < -0.39 is 0 Å². The van der Waals surface area contributed by atoms with Gasteiger partial charge in [-0.25, -0.2) is 0 Å². The third kappa shape index (κ3) is 14.4. The average Bonchev–Trinajstić information content (AvgIpc) is 1.84. The highest BCUT2D eigenvalue weighted by Crippen LogP contribution is 1.89. The largest absolute Gasteiger partial charge is 0.297 e. The minimum absolute atomic E-state index is 0. The molecule has 0 bridgehead atoms. The Bertz CT molecular complexity index is 82.5. The molecule has 0 aliphatic carbocycles. The summed E-state index contributed by atoms with van der Waals surface area (Å²) in [5.74, 6) is 0. The van der Waals surface area contributed by atoms with Gasteiger partial charge in [-0.05, 0) is 34.7 Å². The first-order valence-electron chi connectivity index (χ1n) is 4.08. The molecule has 0 saturated carbocycles. The maximum absolute atomic E-state index is 2.38. The van der Waals surface area contributed by atoms with E-state index in [1.165, 1.54) is 0 Å². The van der Waals surface area contributed by atoms with Crippen molar-refractivity contribution in [1.29, 1.82) is 0 Å². The molecule has 14 heavy (non-hydrogen) atoms. The summed E-state index contributed by atoms with van der Waals surface area (Å²) < 4.78 is 0. The molecular formula is C11H33N3. The Balaban J connectivity index is -0.000000167. The molecule has 0 heterocycles. The van der Waals surface area contributed by atoms with Gasteiger partial charge in [0.1, 0.15) is 0 Å². The van der Waals surface area contributed by atoms with Crippen LogP contribution in [-0.2, 0) is 0 Å². The first-order chi connectivity index (χ1) is 5.06. The molecule has 0 fully saturated rings. The van der Waals surface area contributed by atoms with Gasteiger partial charge >= 0.3 is 0 Å². The zero-order valence-corrected chi connectivity index (χ0v) is 8.46. The molecule has 92 valence electrons. The summed E-state index contributed by atoms with van der Waals surface area (Å²) in [5, 5.41) is 0. The van der Waals surface area contributed by atoms with Crippen molar-refractivity contribution in [2.45, 2.75) is 29.2 Å². The van der Waals surface area contributed by atoms with Crippen LogP contribution < -0.4 is 0 Å². The van der Waals surface area contributed by atoms with Gasteiger partial charge < -0.3 is 0 Å². The Labute approximate surface area is 92.7 Å². The lowest BCUT2D eigenvalue weighted by molar-refractivity contribution is 0.124. The Hall–Kier alpha value is -0.120. The van der Waals surface area contributed by atoms with Crippen molar-refractivity contribution in [3.63, 3.8) is 0 Å². The standard InChI is InChI=1S/C8H21N3.3CH4/c1-6-11(7-9(2)3)8-10(4)5;;;/h6-8H2,1-5H3;3*1H4. The first kappa shape index (κ1) is 23.6. The molecule has 0 rings (SSSR count). The van der Waals surface area contributed by atoms with Crippen LogP contribution in [0, 0.1) is 0 Å². The minimum atomic E-state index is 0. The fraction of sp³-hybridized carbons (Fsp3) is 1.00. The van der Waals surface area contributed by atoms with Crippen LogP contribution in [0.3, 0.4) is 0 Å². The van der Waals surface area contributed by atoms with Crippen molar-refractivity contribution in [3.8, 4) is 0 Å². The van der Waals surface area contributed by atoms with E-state index >= 15 is 0 Å². The molecule has 0 saturated heterocycles. The molecule has 0 aromatic carbocycles. The average molecular weight is 207 g/mol. The molecule has 0 atom stereocenters. The predicted octanol–water partition coefficient (Wildman–Crippen LogP) is 2.25. The van der Waals surface area contributed by atoms with Crippen molar-refractivity contribution in [2.24, 2.45) is 0 Å². The normalized spacial score (nSPS) is 9.43. The van der Waals surface area contributed by atoms with Gasteiger partial charge in [0.15, 0.2) is 0 Å². The van der Waals surface area contributed by atoms with Gasteiger partial charge in [-0.2, -0.15) is 0 Å². The summed E-state index contributed by atoms with van der Waals surface area (Å²) in [6.45, 7) is 5.37. The van der Waals surface area contributed by atoms with Crippen LogP contribution >= 0.6 is 0 Å². The molecule has 0 amide bonds. The van der Waals surface area contributed by atoms with E-state index in [1.54, 1.807) is 0 Å². The van der Waals surface area contributed by atoms with E-state index in [4.69, 9.17) is 0 Å². The van der Waals surface area contributed by atoms with Crippen molar-refractivity contribution in [3.05, 3.63) is 0 Å². The summed E-state index contributed by atoms with van der Waals surface area (Å²) >= 11 is 0. The molecule has 0 aromatic rings. The summed E-state index contributed by atoms with van der Waals surface area (Å²) in [6.07, 6.45) is 0. The fourth-order valence-electron chi connectivity index (χ4n) is 1.04. The lowest BCUT2D eigenvalue weighted by Gasteiger charge is -2.26. The molecule has 0 aliphatic heterocycles. The Morgan fingerprint density at radius 1 is 0.714 bits per heavy atom. The number of rotatable bonds is 5. The van der Waals surface area contributed by atoms with E-state index in [0.29, 0.717) is 0 Å². The number of hydrogen-bond donors (Lipinski definition) is 0. The lowest BCUT2D eigenvalue weighted by atomic mass is 10.6. The quantitative estimate of drug-likeness (QED) is 0.640. The maximum Gasteiger partial charge on any atom is 0.0512 e. The first-order valence-corrected chi connectivity index (χ1v) is 4.08. The Kier molecular flexibility index (Phi) is 21.7. The summed E-state index contributed by atoms with van der Waals surface area (Å²) in [6, 6.07) is 0. The van der Waals surface area contributed by atoms with Crippen LogP contribution in [0.5, 0.6) is 0 Å². The molecule has 0 radical (unpaired) electrons. The van der Waals surface area contributed by atoms with E-state index in [1.807, 2.05) is 0 Å². The zero-order chi connectivity index (χ0) is 8.85. The fourth-order valence-corrected chi connectivity index (χ4v) is 1.04. The van der Waals surface area contributed by atoms with E-state index in [9.17, 15) is 0 Å². The SMILES string of the molecule is C.C.C.CCN(CN(C)C)CN(C)C. The van der Waals surface area contributed by atoms with Gasteiger partial charge in [0, 0.05) is 0 Å². The topological polar surface area (TPSA) is 9.72 Å². The monoisotopic (exact) mass is 207 g/mol. The van der Waals surface area contributed by atoms with Crippen LogP contribution in [-0.4, -0.2) is 62.8 Å². The van der Waals surface area contributed by atoms with Crippen LogP contribution in [0.4, 0.5) is 0 Å². The number of hydrogen-bond acceptors (Lipinski definition) is 3. The van der Waals surface area contributed by atoms with Crippen molar-refractivity contribution in [2.75, 3.05) is 48.1 Å². The molecule has 0 aromatic heterocycles. The van der Waals surface area contributed by atoms with Crippen molar-refractivity contribution in [1.82, 2.24) is 14.7 Å². The maximum atomic E-state index is 2.38. The predicted molar refractivity (Wildman–Crippen MR) is 69.7 cm³/mol. The van der Waals surface area contributed by atoms with E-state index in [-0.39, 0.29) is 22.3 Å². The lowest BCUT2D eigenvalue weighted by Crippen LogP contribution is -2.39. The van der Waals surface area contributed by atoms with Crippen molar-refractivity contribution < 1.29 is 0 Å². The summed E-state index contributed by atoms with van der Waals surface area (Å²) in [5.41, 5.74) is 0. The second kappa shape index (κ2) is 12.9. The van der Waals surface area contributed by atoms with Gasteiger partial charge in [-0.1, -0.05) is 29.2 Å². The summed E-state index contributed by atoms with van der Waals surface area (Å²) in [7, 11) is 8.38. The number of nitrogens with zero attached hydrogens (tertiary/aromatic N) is 3. The highest BCUT2D eigenvalue weighted by Gasteiger charge is 2.02. The van der Waals surface area contributed by atoms with Gasteiger partial charge in [0.2, 0.25) is 0 Å². The Morgan fingerprint density at radius 3 is 1.14 bits per heavy atom. The molecule has 0 N–H and O–H groups in total. The second-order valence-electron chi connectivity index (χ2n) is 3.43. The molecule has 0 spiro atoms. The van der Waals surface area contributed by atoms with Gasteiger partial charge in [0.05, 0.1) is 13.3 Å². The van der Waals surface area contributed by atoms with Gasteiger partial charge in [-0.3, -0.25) is 14.7 Å². The molecule has 3 nitrogen and oxygen atoms in total. The molecule has 0 aliphatic rings. The van der Waals surface area contributed by atoms with Crippen LogP contribution in [0.2, 0.25) is 0 Å². The molecule has 0 unspecified atom stereocenters. The van der Waals surface area contributed by atoms with Crippen LogP contribution in [0.25, 0.3) is 0 Å². The summed E-state index contributed by atoms with van der Waals surface area (Å²) in [4.78, 5) is 6.75. The van der Waals surface area contributed by atoms with Gasteiger partial charge in [-0.15, -0.1) is 0 Å². The third-order valence-electron chi connectivity index (χ3n) is 1.41. The molecular weight excluding hydrogens is 174 g/mol. The zero-order valence-electron chi connectivity index (χ0n) is 8.46. The van der Waals surface area contributed by atoms with Crippen LogP contribution in [0.1, 0.15) is 29.2 Å². The smallest absolute Gasteiger partial charge is 0.0512 e. The van der Waals surface area contributed by atoms with E-state index in [2.05, 4.69) is 49.8 Å². The van der Waals surface area contributed by atoms with Gasteiger partial charge in [0.25, 0.3) is 0 Å². The van der Waals surface area contributed by atoms with Crippen LogP contribution in [0.15, 0.2) is 0 Å². The third-order valence-corrected chi connectivity index (χ3v) is 1.41. The van der Waals surface area contributed by atoms with E-state index in [0.717, 1.165) is 19.9 Å². The van der Waals surface area contributed by atoms with Crippen molar-refractivity contribution >= 4 is 0 Å². The second-order valence-corrected chi connectivity index (χ2v) is 3.43. The minimum Gasteiger partial charge on any atom is -0.297 e.